The summed E-state index contributed by atoms with van der Waals surface area (Å²) >= 11 is 0. The van der Waals surface area contributed by atoms with Gasteiger partial charge in [0.25, 0.3) is 0 Å². The van der Waals surface area contributed by atoms with E-state index in [1.807, 2.05) is 0 Å². The molecule has 2 heteroatoms. The van der Waals surface area contributed by atoms with Gasteiger partial charge in [-0.05, 0) is 0 Å². The fraction of sp³-hybridized carbons (Fsp3) is 0.571. The Balaban J connectivity index is 2.72. The van der Waals surface area contributed by atoms with E-state index in [-0.39, 0.29) is 21.7 Å². The molecule has 0 aliphatic heterocycles. The predicted molar refractivity (Wildman–Crippen MR) is 145 cm³/mol. The summed E-state index contributed by atoms with van der Waals surface area (Å²) in [5.41, 5.74) is 6.50. The van der Waals surface area contributed by atoms with Gasteiger partial charge in [0.05, 0.1) is 0 Å². The van der Waals surface area contributed by atoms with Crippen molar-refractivity contribution < 1.29 is 0 Å². The van der Waals surface area contributed by atoms with Crippen LogP contribution in [0.5, 0.6) is 0 Å². The first-order valence-corrected chi connectivity index (χ1v) is 13.9. The molecule has 0 nitrogen and oxygen atoms in total. The Bertz CT molecular complexity index is 756. The molecule has 0 unspecified atom stereocenters. The van der Waals surface area contributed by atoms with Crippen molar-refractivity contribution in [1.29, 1.82) is 0 Å². The van der Waals surface area contributed by atoms with Crippen LogP contribution in [0.4, 0.5) is 0 Å². The normalized spacial score (nSPS) is 14.1. The first-order chi connectivity index (χ1) is 13.3. The zero-order chi connectivity index (χ0) is 23.3. The van der Waals surface area contributed by atoms with Crippen molar-refractivity contribution in [3.8, 4) is 0 Å². The average Bonchev–Trinajstić information content (AvgIpc) is 2.57. The molecule has 0 N–H and O–H groups in total. The van der Waals surface area contributed by atoms with Crippen molar-refractivity contribution in [2.45, 2.75) is 105 Å². The van der Waals surface area contributed by atoms with Gasteiger partial charge in [-0.1, -0.05) is 0 Å². The third-order valence-electron chi connectivity index (χ3n) is 6.37. The number of rotatable bonds is 2. The van der Waals surface area contributed by atoms with Crippen LogP contribution in [0.1, 0.15) is 105 Å². The number of hydrogen-bond acceptors (Lipinski definition) is 0. The molecule has 0 spiro atoms. The summed E-state index contributed by atoms with van der Waals surface area (Å²) in [6, 6.07) is 14.9. The van der Waals surface area contributed by atoms with Crippen LogP contribution in [-0.2, 0) is 21.7 Å². The van der Waals surface area contributed by atoms with E-state index in [9.17, 15) is 0 Å². The SMILES string of the molecule is B[PH2](c1cc(C(C)(C)C)cc(C(C)(C)C)c1)c1cc(C(C)(C)C)cc(C(C)(C)C)c1. The predicted octanol–water partition coefficient (Wildman–Crippen LogP) is 6.32. The van der Waals surface area contributed by atoms with Crippen molar-refractivity contribution in [1.82, 2.24) is 0 Å². The van der Waals surface area contributed by atoms with Crippen LogP contribution in [0, 0.1) is 0 Å². The Kier molecular flexibility index (Phi) is 6.83. The van der Waals surface area contributed by atoms with E-state index in [1.54, 1.807) is 10.6 Å². The molecule has 0 bridgehead atoms. The van der Waals surface area contributed by atoms with Crippen LogP contribution in [-0.4, -0.2) is 7.57 Å². The van der Waals surface area contributed by atoms with E-state index in [2.05, 4.69) is 127 Å². The van der Waals surface area contributed by atoms with Gasteiger partial charge in [-0.25, -0.2) is 0 Å². The van der Waals surface area contributed by atoms with E-state index in [0.29, 0.717) is 0 Å². The molecule has 0 atom stereocenters. The van der Waals surface area contributed by atoms with Crippen molar-refractivity contribution in [3.05, 3.63) is 58.7 Å². The standard InChI is InChI=1S/C28H46BP/c1-25(2,3)19-13-20(26(4,5)6)16-23(15-19)30(29)24-17-21(27(7,8)9)14-22(18-24)28(10,11)12/h13-18H,29-30H2,1-12H3. The van der Waals surface area contributed by atoms with Crippen LogP contribution in [0.3, 0.4) is 0 Å². The minimum atomic E-state index is -1.32. The van der Waals surface area contributed by atoms with Gasteiger partial charge in [-0.2, -0.15) is 0 Å². The summed E-state index contributed by atoms with van der Waals surface area (Å²) in [6.45, 7) is 28.0. The van der Waals surface area contributed by atoms with Crippen molar-refractivity contribution >= 4 is 26.0 Å². The summed E-state index contributed by atoms with van der Waals surface area (Å²) in [7, 11) is 1.20. The van der Waals surface area contributed by atoms with E-state index in [0.717, 1.165) is 0 Å². The van der Waals surface area contributed by atoms with Crippen molar-refractivity contribution in [2.75, 3.05) is 0 Å². The summed E-state index contributed by atoms with van der Waals surface area (Å²) in [4.78, 5) is 0. The third-order valence-corrected chi connectivity index (χ3v) is 9.04. The first-order valence-electron chi connectivity index (χ1n) is 11.6. The first kappa shape index (κ1) is 25.2. The molecule has 0 saturated carbocycles. The van der Waals surface area contributed by atoms with E-state index in [1.165, 1.54) is 22.3 Å². The second-order valence-electron chi connectivity index (χ2n) is 13.4. The second-order valence-corrected chi connectivity index (χ2v) is 16.2. The molecule has 0 heterocycles. The van der Waals surface area contributed by atoms with Gasteiger partial charge < -0.3 is 0 Å². The fourth-order valence-electron chi connectivity index (χ4n) is 3.73. The molecule has 0 radical (unpaired) electrons. The van der Waals surface area contributed by atoms with Gasteiger partial charge in [-0.15, -0.1) is 0 Å². The van der Waals surface area contributed by atoms with E-state index >= 15 is 0 Å². The summed E-state index contributed by atoms with van der Waals surface area (Å²) in [6.07, 6.45) is 0. The molecule has 2 aromatic rings. The molecule has 0 amide bonds. The zero-order valence-electron chi connectivity index (χ0n) is 22.0. The molecule has 0 saturated heterocycles. The molecule has 2 rings (SSSR count). The van der Waals surface area contributed by atoms with Crippen LogP contribution in [0.2, 0.25) is 0 Å². The average molecular weight is 424 g/mol. The maximum absolute atomic E-state index is 2.52. The van der Waals surface area contributed by atoms with E-state index in [4.69, 9.17) is 0 Å². The fourth-order valence-corrected chi connectivity index (χ4v) is 5.83. The Morgan fingerprint density at radius 1 is 0.433 bits per heavy atom. The quantitative estimate of drug-likeness (QED) is 0.391. The monoisotopic (exact) mass is 424 g/mol. The maximum atomic E-state index is 2.52. The zero-order valence-corrected chi connectivity index (χ0v) is 23.2. The van der Waals surface area contributed by atoms with Crippen molar-refractivity contribution in [2.24, 2.45) is 0 Å². The minimum absolute atomic E-state index is 0.161. The van der Waals surface area contributed by atoms with Crippen LogP contribution in [0.15, 0.2) is 36.4 Å². The van der Waals surface area contributed by atoms with Crippen molar-refractivity contribution in [3.63, 3.8) is 0 Å². The Labute approximate surface area is 189 Å². The van der Waals surface area contributed by atoms with E-state index < -0.39 is 7.80 Å². The van der Waals surface area contributed by atoms with Gasteiger partial charge in [0.15, 0.2) is 0 Å². The Morgan fingerprint density at radius 2 is 0.633 bits per heavy atom. The molecule has 2 aromatic carbocycles. The van der Waals surface area contributed by atoms with Gasteiger partial charge in [0.1, 0.15) is 0 Å². The topological polar surface area (TPSA) is 0 Å². The third kappa shape index (κ3) is 6.00. The molecule has 0 aliphatic rings. The van der Waals surface area contributed by atoms with Gasteiger partial charge in [0, 0.05) is 0 Å². The van der Waals surface area contributed by atoms with Gasteiger partial charge in [-0.3, -0.25) is 0 Å². The number of hydrogen-bond donors (Lipinski definition) is 0. The summed E-state index contributed by atoms with van der Waals surface area (Å²) in [5, 5.41) is 3.14. The molecule has 30 heavy (non-hydrogen) atoms. The molecular formula is C28H46BP. The van der Waals surface area contributed by atoms with Crippen LogP contribution in [0.25, 0.3) is 0 Å². The molecule has 0 aromatic heterocycles. The van der Waals surface area contributed by atoms with Crippen LogP contribution < -0.4 is 10.6 Å². The second kappa shape index (κ2) is 8.13. The Morgan fingerprint density at radius 3 is 0.800 bits per heavy atom. The van der Waals surface area contributed by atoms with Gasteiger partial charge in [0.2, 0.25) is 0 Å². The summed E-state index contributed by atoms with van der Waals surface area (Å²) < 4.78 is 0. The van der Waals surface area contributed by atoms with Crippen LogP contribution >= 0.6 is 7.80 Å². The molecular weight excluding hydrogens is 378 g/mol. The Hall–Kier alpha value is -1.07. The number of benzene rings is 2. The summed E-state index contributed by atoms with van der Waals surface area (Å²) in [5.74, 6) is 0. The van der Waals surface area contributed by atoms with Gasteiger partial charge >= 0.3 is 189 Å². The molecule has 0 aliphatic carbocycles. The molecule has 166 valence electrons. The molecule has 0 fully saturated rings.